The lowest BCUT2D eigenvalue weighted by molar-refractivity contribution is -0.131. The molecule has 0 bridgehead atoms. The molecule has 0 aliphatic heterocycles. The van der Waals surface area contributed by atoms with Gasteiger partial charge in [0.1, 0.15) is 15.6 Å². The van der Waals surface area contributed by atoms with Crippen LogP contribution in [0.2, 0.25) is 0 Å². The standard InChI is InChI=1S/C12H23NO3S/c1-12(2,8-13)11(14)9-5-4-6-10(7-9)17(3,15)16/h9-10H,4-8,13H2,1-3H3. The lowest BCUT2D eigenvalue weighted by Crippen LogP contribution is -2.40. The van der Waals surface area contributed by atoms with Crippen LogP contribution in [0, 0.1) is 11.3 Å². The highest BCUT2D eigenvalue weighted by molar-refractivity contribution is 7.91. The number of nitrogens with two attached hydrogens (primary N) is 1. The largest absolute Gasteiger partial charge is 0.329 e. The molecule has 5 heteroatoms. The average Bonchev–Trinajstić information content (AvgIpc) is 2.27. The van der Waals surface area contributed by atoms with E-state index >= 15 is 0 Å². The fourth-order valence-corrected chi connectivity index (χ4v) is 3.60. The Balaban J connectivity index is 2.78. The first-order valence-corrected chi connectivity index (χ1v) is 8.07. The van der Waals surface area contributed by atoms with Crippen LogP contribution in [0.15, 0.2) is 0 Å². The smallest absolute Gasteiger partial charge is 0.150 e. The van der Waals surface area contributed by atoms with E-state index in [9.17, 15) is 13.2 Å². The van der Waals surface area contributed by atoms with Gasteiger partial charge in [-0.05, 0) is 19.3 Å². The van der Waals surface area contributed by atoms with Gasteiger partial charge in [0.05, 0.1) is 5.25 Å². The van der Waals surface area contributed by atoms with E-state index < -0.39 is 15.3 Å². The number of hydrogen-bond acceptors (Lipinski definition) is 4. The van der Waals surface area contributed by atoms with E-state index in [4.69, 9.17) is 5.73 Å². The van der Waals surface area contributed by atoms with Crippen molar-refractivity contribution in [3.8, 4) is 0 Å². The van der Waals surface area contributed by atoms with Gasteiger partial charge in [-0.3, -0.25) is 4.79 Å². The second-order valence-corrected chi connectivity index (χ2v) is 8.09. The maximum atomic E-state index is 12.2. The summed E-state index contributed by atoms with van der Waals surface area (Å²) in [5, 5.41) is -0.348. The minimum atomic E-state index is -3.03. The third-order valence-corrected chi connectivity index (χ3v) is 5.42. The molecule has 100 valence electrons. The predicted molar refractivity (Wildman–Crippen MR) is 68.4 cm³/mol. The highest BCUT2D eigenvalue weighted by Gasteiger charge is 2.37. The monoisotopic (exact) mass is 261 g/mol. The topological polar surface area (TPSA) is 77.2 Å². The first-order valence-electron chi connectivity index (χ1n) is 6.11. The molecule has 0 amide bonds. The molecule has 2 atom stereocenters. The van der Waals surface area contributed by atoms with Crippen molar-refractivity contribution in [2.24, 2.45) is 17.1 Å². The second kappa shape index (κ2) is 5.06. The Morgan fingerprint density at radius 1 is 1.35 bits per heavy atom. The molecule has 1 fully saturated rings. The van der Waals surface area contributed by atoms with Crippen molar-refractivity contribution in [3.63, 3.8) is 0 Å². The lowest BCUT2D eigenvalue weighted by Gasteiger charge is -2.32. The molecule has 1 rings (SSSR count). The maximum absolute atomic E-state index is 12.2. The first kappa shape index (κ1) is 14.6. The fourth-order valence-electron chi connectivity index (χ4n) is 2.43. The van der Waals surface area contributed by atoms with Crippen molar-refractivity contribution in [1.82, 2.24) is 0 Å². The minimum Gasteiger partial charge on any atom is -0.329 e. The Bertz CT molecular complexity index is 387. The Morgan fingerprint density at radius 2 is 1.94 bits per heavy atom. The number of sulfone groups is 1. The Labute approximate surface area is 104 Å². The number of carbonyl (C=O) groups excluding carboxylic acids is 1. The lowest BCUT2D eigenvalue weighted by atomic mass is 9.75. The average molecular weight is 261 g/mol. The summed E-state index contributed by atoms with van der Waals surface area (Å²) < 4.78 is 23.1. The molecule has 0 aromatic heterocycles. The van der Waals surface area contributed by atoms with Crippen molar-refractivity contribution in [2.75, 3.05) is 12.8 Å². The summed E-state index contributed by atoms with van der Waals surface area (Å²) >= 11 is 0. The van der Waals surface area contributed by atoms with Crippen molar-refractivity contribution in [2.45, 2.75) is 44.8 Å². The molecule has 1 saturated carbocycles. The fraction of sp³-hybridized carbons (Fsp3) is 0.917. The number of Topliss-reactive ketones (excluding diaryl/α,β-unsaturated/α-hetero) is 1. The Kier molecular flexibility index (Phi) is 4.36. The van der Waals surface area contributed by atoms with E-state index in [1.807, 2.05) is 13.8 Å². The quantitative estimate of drug-likeness (QED) is 0.823. The summed E-state index contributed by atoms with van der Waals surface area (Å²) in [5.41, 5.74) is 5.06. The zero-order chi connectivity index (χ0) is 13.3. The van der Waals surface area contributed by atoms with Crippen molar-refractivity contribution in [1.29, 1.82) is 0 Å². The van der Waals surface area contributed by atoms with E-state index in [2.05, 4.69) is 0 Å². The number of rotatable bonds is 4. The minimum absolute atomic E-state index is 0.119. The molecular formula is C12H23NO3S. The van der Waals surface area contributed by atoms with Crippen LogP contribution in [0.5, 0.6) is 0 Å². The van der Waals surface area contributed by atoms with Crippen LogP contribution >= 0.6 is 0 Å². The molecule has 0 spiro atoms. The predicted octanol–water partition coefficient (Wildman–Crippen LogP) is 1.14. The maximum Gasteiger partial charge on any atom is 0.150 e. The normalized spacial score (nSPS) is 26.8. The van der Waals surface area contributed by atoms with Gasteiger partial charge in [-0.25, -0.2) is 8.42 Å². The van der Waals surface area contributed by atoms with Gasteiger partial charge >= 0.3 is 0 Å². The van der Waals surface area contributed by atoms with Crippen LogP contribution in [-0.4, -0.2) is 32.3 Å². The van der Waals surface area contributed by atoms with Crippen LogP contribution in [0.3, 0.4) is 0 Å². The van der Waals surface area contributed by atoms with Gasteiger partial charge in [-0.15, -0.1) is 0 Å². The highest BCUT2D eigenvalue weighted by Crippen LogP contribution is 2.33. The van der Waals surface area contributed by atoms with E-state index in [1.54, 1.807) is 0 Å². The SMILES string of the molecule is CC(C)(CN)C(=O)C1CCCC(S(C)(=O)=O)C1. The van der Waals surface area contributed by atoms with Gasteiger partial charge in [-0.2, -0.15) is 0 Å². The summed E-state index contributed by atoms with van der Waals surface area (Å²) in [6.07, 6.45) is 4.04. The van der Waals surface area contributed by atoms with Crippen LogP contribution in [0.25, 0.3) is 0 Å². The van der Waals surface area contributed by atoms with E-state index in [-0.39, 0.29) is 17.0 Å². The van der Waals surface area contributed by atoms with Crippen molar-refractivity contribution in [3.05, 3.63) is 0 Å². The Hall–Kier alpha value is -0.420. The molecule has 0 aromatic rings. The molecule has 1 aliphatic rings. The molecule has 0 saturated heterocycles. The summed E-state index contributed by atoms with van der Waals surface area (Å²) in [4.78, 5) is 12.2. The van der Waals surface area contributed by atoms with E-state index in [0.717, 1.165) is 12.8 Å². The van der Waals surface area contributed by atoms with Crippen LogP contribution in [-0.2, 0) is 14.6 Å². The van der Waals surface area contributed by atoms with Gasteiger partial charge < -0.3 is 5.73 Å². The number of ketones is 1. The molecule has 17 heavy (non-hydrogen) atoms. The molecule has 0 aromatic carbocycles. The van der Waals surface area contributed by atoms with Crippen molar-refractivity contribution >= 4 is 15.6 Å². The first-order chi connectivity index (χ1) is 7.68. The van der Waals surface area contributed by atoms with Crippen LogP contribution in [0.4, 0.5) is 0 Å². The van der Waals surface area contributed by atoms with Gasteiger partial charge in [-0.1, -0.05) is 20.3 Å². The molecule has 1 aliphatic carbocycles. The summed E-state index contributed by atoms with van der Waals surface area (Å²) in [5.74, 6) is -0.0182. The molecule has 4 nitrogen and oxygen atoms in total. The number of hydrogen-bond donors (Lipinski definition) is 1. The summed E-state index contributed by atoms with van der Waals surface area (Å²) in [6, 6.07) is 0. The van der Waals surface area contributed by atoms with Gasteiger partial charge in [0, 0.05) is 24.1 Å². The summed E-state index contributed by atoms with van der Waals surface area (Å²) in [6.45, 7) is 3.98. The molecule has 0 heterocycles. The van der Waals surface area contributed by atoms with Crippen molar-refractivity contribution < 1.29 is 13.2 Å². The molecule has 2 unspecified atom stereocenters. The third-order valence-electron chi connectivity index (χ3n) is 3.78. The molecular weight excluding hydrogens is 238 g/mol. The highest BCUT2D eigenvalue weighted by atomic mass is 32.2. The van der Waals surface area contributed by atoms with Gasteiger partial charge in [0.2, 0.25) is 0 Å². The van der Waals surface area contributed by atoms with E-state index in [0.29, 0.717) is 19.4 Å². The van der Waals surface area contributed by atoms with Gasteiger partial charge in [0.25, 0.3) is 0 Å². The van der Waals surface area contributed by atoms with Crippen LogP contribution in [0.1, 0.15) is 39.5 Å². The zero-order valence-corrected chi connectivity index (χ0v) is 11.7. The number of carbonyl (C=O) groups is 1. The summed E-state index contributed by atoms with van der Waals surface area (Å²) in [7, 11) is -3.03. The van der Waals surface area contributed by atoms with E-state index in [1.165, 1.54) is 6.26 Å². The zero-order valence-electron chi connectivity index (χ0n) is 10.9. The third kappa shape index (κ3) is 3.52. The second-order valence-electron chi connectivity index (χ2n) is 5.77. The van der Waals surface area contributed by atoms with Gasteiger partial charge in [0.15, 0.2) is 0 Å². The molecule has 2 N–H and O–H groups in total. The molecule has 0 radical (unpaired) electrons. The Morgan fingerprint density at radius 3 is 2.41 bits per heavy atom. The van der Waals surface area contributed by atoms with Crippen LogP contribution < -0.4 is 5.73 Å².